The second-order valence-electron chi connectivity index (χ2n) is 5.63. The van der Waals surface area contributed by atoms with Crippen molar-refractivity contribution in [1.29, 1.82) is 0 Å². The zero-order chi connectivity index (χ0) is 15.6. The van der Waals surface area contributed by atoms with E-state index < -0.39 is 17.4 Å². The molecule has 1 fully saturated rings. The standard InChI is InChI=1S/C15H20N2O4/c1-10-4-6-11(7-5-10)17(3)14(20)16-12-8-21-9-15(12,2)13(18)19/h4-7,12H,8-9H2,1-3H3,(H,16,20)(H,18,19). The van der Waals surface area contributed by atoms with Crippen LogP contribution in [0.25, 0.3) is 0 Å². The second kappa shape index (κ2) is 5.73. The SMILES string of the molecule is Cc1ccc(N(C)C(=O)NC2COCC2(C)C(=O)O)cc1. The number of carboxylic acids is 1. The fourth-order valence-electron chi connectivity index (χ4n) is 2.22. The molecule has 0 aliphatic carbocycles. The van der Waals surface area contributed by atoms with Gasteiger partial charge in [-0.05, 0) is 26.0 Å². The van der Waals surface area contributed by atoms with E-state index in [0.717, 1.165) is 11.3 Å². The van der Waals surface area contributed by atoms with Crippen molar-refractivity contribution in [1.82, 2.24) is 5.32 Å². The monoisotopic (exact) mass is 292 g/mol. The third kappa shape index (κ3) is 3.00. The maximum absolute atomic E-state index is 12.3. The van der Waals surface area contributed by atoms with Crippen molar-refractivity contribution in [3.05, 3.63) is 29.8 Å². The summed E-state index contributed by atoms with van der Waals surface area (Å²) in [5.74, 6) is -0.969. The van der Waals surface area contributed by atoms with Crippen LogP contribution >= 0.6 is 0 Å². The molecule has 0 saturated carbocycles. The second-order valence-corrected chi connectivity index (χ2v) is 5.63. The Morgan fingerprint density at radius 1 is 1.38 bits per heavy atom. The molecule has 2 N–H and O–H groups in total. The summed E-state index contributed by atoms with van der Waals surface area (Å²) in [4.78, 5) is 25.1. The molecule has 1 aliphatic rings. The Labute approximate surface area is 123 Å². The molecule has 2 amide bonds. The quantitative estimate of drug-likeness (QED) is 0.887. The van der Waals surface area contributed by atoms with Gasteiger partial charge in [0.2, 0.25) is 0 Å². The molecule has 0 radical (unpaired) electrons. The van der Waals surface area contributed by atoms with Gasteiger partial charge in [0.25, 0.3) is 0 Å². The van der Waals surface area contributed by atoms with Gasteiger partial charge in [-0.1, -0.05) is 17.7 Å². The molecule has 2 atom stereocenters. The predicted octanol–water partition coefficient (Wildman–Crippen LogP) is 1.63. The van der Waals surface area contributed by atoms with Gasteiger partial charge >= 0.3 is 12.0 Å². The lowest BCUT2D eigenvalue weighted by Crippen LogP contribution is -2.52. The fraction of sp³-hybridized carbons (Fsp3) is 0.467. The number of aliphatic carboxylic acids is 1. The van der Waals surface area contributed by atoms with E-state index in [1.165, 1.54) is 4.90 Å². The summed E-state index contributed by atoms with van der Waals surface area (Å²) in [5.41, 5.74) is 0.758. The van der Waals surface area contributed by atoms with Crippen LogP contribution in [0.1, 0.15) is 12.5 Å². The fourth-order valence-corrected chi connectivity index (χ4v) is 2.22. The molecule has 1 aliphatic heterocycles. The Balaban J connectivity index is 2.07. The van der Waals surface area contributed by atoms with E-state index in [9.17, 15) is 14.7 Å². The molecule has 0 spiro atoms. The minimum atomic E-state index is -1.09. The van der Waals surface area contributed by atoms with Gasteiger partial charge in [0.05, 0.1) is 19.3 Å². The minimum absolute atomic E-state index is 0.0987. The molecule has 2 rings (SSSR count). The van der Waals surface area contributed by atoms with Crippen molar-refractivity contribution < 1.29 is 19.4 Å². The lowest BCUT2D eigenvalue weighted by atomic mass is 9.85. The van der Waals surface area contributed by atoms with Crippen LogP contribution in [-0.2, 0) is 9.53 Å². The first-order valence-electron chi connectivity index (χ1n) is 6.76. The van der Waals surface area contributed by atoms with E-state index in [0.29, 0.717) is 0 Å². The number of amides is 2. The topological polar surface area (TPSA) is 78.9 Å². The lowest BCUT2D eigenvalue weighted by Gasteiger charge is -2.28. The van der Waals surface area contributed by atoms with Gasteiger partial charge in [-0.25, -0.2) is 4.79 Å². The molecular weight excluding hydrogens is 272 g/mol. The number of carboxylic acid groups (broad SMARTS) is 1. The van der Waals surface area contributed by atoms with Gasteiger partial charge in [-0.3, -0.25) is 9.69 Å². The van der Waals surface area contributed by atoms with E-state index in [-0.39, 0.29) is 19.2 Å². The van der Waals surface area contributed by atoms with Gasteiger partial charge in [-0.15, -0.1) is 0 Å². The molecule has 114 valence electrons. The van der Waals surface area contributed by atoms with Crippen molar-refractivity contribution in [2.75, 3.05) is 25.2 Å². The van der Waals surface area contributed by atoms with Crippen LogP contribution in [0, 0.1) is 12.3 Å². The number of aryl methyl sites for hydroxylation is 1. The highest BCUT2D eigenvalue weighted by Gasteiger charge is 2.47. The molecule has 21 heavy (non-hydrogen) atoms. The number of carbonyl (C=O) groups is 2. The molecule has 6 nitrogen and oxygen atoms in total. The Morgan fingerprint density at radius 3 is 2.57 bits per heavy atom. The summed E-state index contributed by atoms with van der Waals surface area (Å²) >= 11 is 0. The Morgan fingerprint density at radius 2 is 2.00 bits per heavy atom. The van der Waals surface area contributed by atoms with Crippen molar-refractivity contribution in [2.24, 2.45) is 5.41 Å². The summed E-state index contributed by atoms with van der Waals surface area (Å²) < 4.78 is 5.22. The first kappa shape index (κ1) is 15.3. The maximum Gasteiger partial charge on any atom is 0.321 e. The first-order valence-corrected chi connectivity index (χ1v) is 6.76. The molecule has 2 unspecified atom stereocenters. The van der Waals surface area contributed by atoms with E-state index in [1.54, 1.807) is 14.0 Å². The molecule has 1 aromatic rings. The largest absolute Gasteiger partial charge is 0.481 e. The molecule has 6 heteroatoms. The highest BCUT2D eigenvalue weighted by molar-refractivity contribution is 5.92. The van der Waals surface area contributed by atoms with Crippen LogP contribution in [0.3, 0.4) is 0 Å². The van der Waals surface area contributed by atoms with E-state index in [1.807, 2.05) is 31.2 Å². The highest BCUT2D eigenvalue weighted by Crippen LogP contribution is 2.29. The third-order valence-corrected chi connectivity index (χ3v) is 3.97. The van der Waals surface area contributed by atoms with Gasteiger partial charge in [0.15, 0.2) is 0 Å². The number of nitrogens with one attached hydrogen (secondary N) is 1. The van der Waals surface area contributed by atoms with Crippen molar-refractivity contribution >= 4 is 17.7 Å². The van der Waals surface area contributed by atoms with Crippen LogP contribution in [0.5, 0.6) is 0 Å². The summed E-state index contributed by atoms with van der Waals surface area (Å²) in [6.07, 6.45) is 0. The van der Waals surface area contributed by atoms with Crippen LogP contribution in [-0.4, -0.2) is 43.4 Å². The van der Waals surface area contributed by atoms with Crippen molar-refractivity contribution in [2.45, 2.75) is 19.9 Å². The average Bonchev–Trinajstić information content (AvgIpc) is 2.81. The normalized spacial score (nSPS) is 24.6. The smallest absolute Gasteiger partial charge is 0.321 e. The number of benzene rings is 1. The molecule has 1 aromatic carbocycles. The van der Waals surface area contributed by atoms with Gasteiger partial charge in [-0.2, -0.15) is 0 Å². The number of hydrogen-bond donors (Lipinski definition) is 2. The van der Waals surface area contributed by atoms with Crippen LogP contribution in [0.2, 0.25) is 0 Å². The van der Waals surface area contributed by atoms with E-state index >= 15 is 0 Å². The molecule has 0 aromatic heterocycles. The maximum atomic E-state index is 12.3. The summed E-state index contributed by atoms with van der Waals surface area (Å²) in [7, 11) is 1.65. The number of ether oxygens (including phenoxy) is 1. The Kier molecular flexibility index (Phi) is 4.18. The molecule has 1 saturated heterocycles. The van der Waals surface area contributed by atoms with E-state index in [4.69, 9.17) is 4.74 Å². The number of nitrogens with zero attached hydrogens (tertiary/aromatic N) is 1. The predicted molar refractivity (Wildman–Crippen MR) is 78.5 cm³/mol. The number of anilines is 1. The van der Waals surface area contributed by atoms with Crippen molar-refractivity contribution in [3.8, 4) is 0 Å². The van der Waals surface area contributed by atoms with Crippen LogP contribution in [0.15, 0.2) is 24.3 Å². The zero-order valence-corrected chi connectivity index (χ0v) is 12.4. The lowest BCUT2D eigenvalue weighted by molar-refractivity contribution is -0.148. The third-order valence-electron chi connectivity index (χ3n) is 3.97. The summed E-state index contributed by atoms with van der Waals surface area (Å²) in [6.45, 7) is 3.86. The Hall–Kier alpha value is -2.08. The highest BCUT2D eigenvalue weighted by atomic mass is 16.5. The van der Waals surface area contributed by atoms with Gasteiger partial charge in [0, 0.05) is 12.7 Å². The molecule has 0 bridgehead atoms. The molecule has 1 heterocycles. The number of hydrogen-bond acceptors (Lipinski definition) is 3. The van der Waals surface area contributed by atoms with E-state index in [2.05, 4.69) is 5.32 Å². The van der Waals surface area contributed by atoms with Gasteiger partial charge < -0.3 is 15.2 Å². The van der Waals surface area contributed by atoms with Crippen LogP contribution in [0.4, 0.5) is 10.5 Å². The number of rotatable bonds is 3. The zero-order valence-electron chi connectivity index (χ0n) is 12.4. The minimum Gasteiger partial charge on any atom is -0.481 e. The van der Waals surface area contributed by atoms with Gasteiger partial charge in [0.1, 0.15) is 5.41 Å². The first-order chi connectivity index (χ1) is 9.84. The molecular formula is C15H20N2O4. The Bertz CT molecular complexity index is 543. The van der Waals surface area contributed by atoms with Crippen LogP contribution < -0.4 is 10.2 Å². The summed E-state index contributed by atoms with van der Waals surface area (Å²) in [6, 6.07) is 6.63. The number of urea groups is 1. The van der Waals surface area contributed by atoms with Crippen molar-refractivity contribution in [3.63, 3.8) is 0 Å². The number of carbonyl (C=O) groups excluding carboxylic acids is 1. The average molecular weight is 292 g/mol. The summed E-state index contributed by atoms with van der Waals surface area (Å²) in [5, 5.41) is 12.0.